The molecule has 2 atom stereocenters. The Morgan fingerprint density at radius 1 is 1.21 bits per heavy atom. The number of amides is 1. The van der Waals surface area contributed by atoms with Crippen LogP contribution in [0.15, 0.2) is 50.4 Å². The Morgan fingerprint density at radius 3 is 2.31 bits per heavy atom. The van der Waals surface area contributed by atoms with Crippen LogP contribution in [0.1, 0.15) is 43.7 Å². The number of halogens is 5. The van der Waals surface area contributed by atoms with Crippen LogP contribution < -0.4 is 10.5 Å². The van der Waals surface area contributed by atoms with Gasteiger partial charge in [0.25, 0.3) is 5.91 Å². The molecule has 1 aromatic heterocycles. The van der Waals surface area contributed by atoms with E-state index in [-0.39, 0.29) is 11.3 Å². The smallest absolute Gasteiger partial charge is 0.292 e. The van der Waals surface area contributed by atoms with Gasteiger partial charge < -0.3 is 0 Å². The van der Waals surface area contributed by atoms with Crippen LogP contribution in [0.2, 0.25) is 18.1 Å². The molecule has 2 unspecified atom stereocenters. The third kappa shape index (κ3) is 6.37. The number of benzene rings is 1. The molecule has 39 heavy (non-hydrogen) atoms. The summed E-state index contributed by atoms with van der Waals surface area (Å²) < 4.78 is 76.0. The maximum Gasteiger partial charge on any atom is 0.407 e. The normalized spacial score (nSPS) is 21.9. The second kappa shape index (κ2) is 11.7. The maximum absolute atomic E-state index is 16.4. The molecule has 1 N–H and O–H groups in total. The molecule has 0 aliphatic carbocycles. The van der Waals surface area contributed by atoms with Gasteiger partial charge >= 0.3 is 6.18 Å². The molecule has 14 heteroatoms. The predicted molar refractivity (Wildman–Crippen MR) is 152 cm³/mol. The van der Waals surface area contributed by atoms with Gasteiger partial charge in [-0.25, -0.2) is 27.2 Å². The zero-order chi connectivity index (χ0) is 29.2. The van der Waals surface area contributed by atoms with Crippen molar-refractivity contribution in [3.8, 4) is 0 Å². The predicted octanol–water partition coefficient (Wildman–Crippen LogP) is 5.59. The summed E-state index contributed by atoms with van der Waals surface area (Å²) in [5.41, 5.74) is -1.71. The number of guanidine groups is 1. The number of hydrogen-bond acceptors (Lipinski definition) is 5. The minimum absolute atomic E-state index is 0.151. The van der Waals surface area contributed by atoms with E-state index in [1.807, 2.05) is 20.8 Å². The SMILES string of the molecule is CC[Si](CC)(CC)c1cc(Br)nc(C2(C)CS(=O)(=NC)N(CC(F)(F)F)C(NC(=O)c3ccccc3)=N2)c1F. The first-order valence-electron chi connectivity index (χ1n) is 12.5. The monoisotopic (exact) mass is 649 g/mol. The van der Waals surface area contributed by atoms with E-state index < -0.39 is 59.7 Å². The fraction of sp³-hybridized carbons (Fsp3) is 0.480. The largest absolute Gasteiger partial charge is 0.407 e. The standard InChI is InChI=1S/C25H32BrF4N5O2SSi/c1-6-39(7-2,8-3)18-14-19(26)32-21(20(18)27)24(4)16-38(37,31-5)35(15-25(28,29)30)23(34-24)33-22(36)17-12-10-9-11-13-17/h9-14H,6-8,15-16H2,1-5H3,(H,33,34,36). The highest BCUT2D eigenvalue weighted by molar-refractivity contribution is 9.10. The van der Waals surface area contributed by atoms with Gasteiger partial charge in [0.05, 0.1) is 13.8 Å². The van der Waals surface area contributed by atoms with Crippen LogP contribution in [-0.4, -0.2) is 59.0 Å². The summed E-state index contributed by atoms with van der Waals surface area (Å²) in [5.74, 6) is -2.55. The van der Waals surface area contributed by atoms with E-state index in [1.165, 1.54) is 19.1 Å². The number of pyridine rings is 1. The van der Waals surface area contributed by atoms with Crippen LogP contribution in [0.4, 0.5) is 17.6 Å². The molecule has 2 aromatic rings. The van der Waals surface area contributed by atoms with Crippen molar-refractivity contribution >= 4 is 51.0 Å². The van der Waals surface area contributed by atoms with Crippen molar-refractivity contribution in [1.29, 1.82) is 0 Å². The first-order chi connectivity index (χ1) is 18.2. The van der Waals surface area contributed by atoms with E-state index in [0.29, 0.717) is 14.1 Å². The van der Waals surface area contributed by atoms with Crippen LogP contribution in [0, 0.1) is 5.82 Å². The van der Waals surface area contributed by atoms with E-state index in [4.69, 9.17) is 0 Å². The third-order valence-electron chi connectivity index (χ3n) is 7.31. The summed E-state index contributed by atoms with van der Waals surface area (Å²) in [5, 5.41) is 2.90. The zero-order valence-electron chi connectivity index (χ0n) is 22.4. The van der Waals surface area contributed by atoms with Gasteiger partial charge in [-0.3, -0.25) is 10.1 Å². The zero-order valence-corrected chi connectivity index (χ0v) is 25.8. The highest BCUT2D eigenvalue weighted by Crippen LogP contribution is 2.36. The Hall–Kier alpha value is -2.32. The Kier molecular flexibility index (Phi) is 9.32. The Morgan fingerprint density at radius 2 is 1.79 bits per heavy atom. The van der Waals surface area contributed by atoms with Crippen molar-refractivity contribution in [1.82, 2.24) is 14.6 Å². The number of hydrogen-bond donors (Lipinski definition) is 1. The number of carbonyl (C=O) groups is 1. The molecule has 2 heterocycles. The number of carbonyl (C=O) groups excluding carboxylic acids is 1. The summed E-state index contributed by atoms with van der Waals surface area (Å²) in [4.78, 5) is 21.8. The molecule has 0 radical (unpaired) electrons. The molecular weight excluding hydrogens is 618 g/mol. The van der Waals surface area contributed by atoms with E-state index >= 15 is 4.39 Å². The van der Waals surface area contributed by atoms with Crippen LogP contribution in [0.3, 0.4) is 0 Å². The van der Waals surface area contributed by atoms with Crippen LogP contribution >= 0.6 is 15.9 Å². The van der Waals surface area contributed by atoms with Gasteiger partial charge in [0.15, 0.2) is 0 Å². The minimum atomic E-state index is -4.79. The molecule has 7 nitrogen and oxygen atoms in total. The summed E-state index contributed by atoms with van der Waals surface area (Å²) >= 11 is 3.37. The van der Waals surface area contributed by atoms with Gasteiger partial charge in [0, 0.05) is 12.6 Å². The molecule has 0 bridgehead atoms. The number of nitrogens with one attached hydrogen (secondary N) is 1. The van der Waals surface area contributed by atoms with Gasteiger partial charge in [0.2, 0.25) is 5.96 Å². The van der Waals surface area contributed by atoms with E-state index in [2.05, 4.69) is 35.6 Å². The number of aromatic nitrogens is 1. The van der Waals surface area contributed by atoms with Gasteiger partial charge in [-0.1, -0.05) is 57.1 Å². The lowest BCUT2D eigenvalue weighted by molar-refractivity contribution is -0.131. The van der Waals surface area contributed by atoms with E-state index in [9.17, 15) is 22.2 Å². The Bertz CT molecular complexity index is 1370. The van der Waals surface area contributed by atoms with Gasteiger partial charge in [0.1, 0.15) is 38.1 Å². The molecule has 1 aromatic carbocycles. The molecule has 3 rings (SSSR count). The fourth-order valence-electron chi connectivity index (χ4n) is 4.94. The lowest BCUT2D eigenvalue weighted by Crippen LogP contribution is -2.57. The molecule has 1 aliphatic rings. The van der Waals surface area contributed by atoms with Crippen molar-refractivity contribution in [2.75, 3.05) is 19.3 Å². The summed E-state index contributed by atoms with van der Waals surface area (Å²) in [6.45, 7) is 5.82. The number of rotatable bonds is 7. The minimum Gasteiger partial charge on any atom is -0.292 e. The van der Waals surface area contributed by atoms with Crippen molar-refractivity contribution in [2.24, 2.45) is 9.36 Å². The fourth-order valence-corrected chi connectivity index (χ4v) is 11.3. The Labute approximate surface area is 236 Å². The molecule has 214 valence electrons. The highest BCUT2D eigenvalue weighted by atomic mass is 79.9. The van der Waals surface area contributed by atoms with Crippen molar-refractivity contribution in [3.63, 3.8) is 0 Å². The summed E-state index contributed by atoms with van der Waals surface area (Å²) in [6.07, 6.45) is -4.79. The molecule has 0 fully saturated rings. The van der Waals surface area contributed by atoms with Gasteiger partial charge in [-0.15, -0.1) is 0 Å². The number of aliphatic imine (C=N–C) groups is 1. The maximum atomic E-state index is 16.4. The molecule has 1 amide bonds. The average Bonchev–Trinajstić information content (AvgIpc) is 2.89. The van der Waals surface area contributed by atoms with Crippen molar-refractivity contribution in [3.05, 3.63) is 58.1 Å². The summed E-state index contributed by atoms with van der Waals surface area (Å²) in [7, 11) is -5.01. The molecule has 1 aliphatic heterocycles. The second-order valence-corrected chi connectivity index (χ2v) is 18.0. The van der Waals surface area contributed by atoms with Gasteiger partial charge in [-0.05, 0) is 46.2 Å². The van der Waals surface area contributed by atoms with Gasteiger partial charge in [-0.2, -0.15) is 13.2 Å². The Balaban J connectivity index is 2.29. The van der Waals surface area contributed by atoms with E-state index in [1.54, 1.807) is 24.3 Å². The second-order valence-electron chi connectivity index (χ2n) is 9.61. The number of nitrogens with zero attached hydrogens (tertiary/aromatic N) is 4. The lowest BCUT2D eigenvalue weighted by atomic mass is 10.00. The van der Waals surface area contributed by atoms with Crippen molar-refractivity contribution in [2.45, 2.75) is 57.5 Å². The third-order valence-corrected chi connectivity index (χ3v) is 15.8. The first kappa shape index (κ1) is 31.2. The summed E-state index contributed by atoms with van der Waals surface area (Å²) in [6, 6.07) is 11.8. The van der Waals surface area contributed by atoms with Crippen LogP contribution in [-0.2, 0) is 15.5 Å². The van der Waals surface area contributed by atoms with Crippen molar-refractivity contribution < 1.29 is 26.6 Å². The molecular formula is C25H32BrF4N5O2SSi. The van der Waals surface area contributed by atoms with Crippen LogP contribution in [0.5, 0.6) is 0 Å². The topological polar surface area (TPSA) is 87.0 Å². The quantitative estimate of drug-likeness (QED) is 0.241. The number of alkyl halides is 3. The molecule has 0 saturated carbocycles. The highest BCUT2D eigenvalue weighted by Gasteiger charge is 2.48. The average molecular weight is 651 g/mol. The molecule has 0 saturated heterocycles. The van der Waals surface area contributed by atoms with Crippen LogP contribution in [0.25, 0.3) is 0 Å². The first-order valence-corrected chi connectivity index (χ1v) is 17.5. The molecule has 0 spiro atoms. The van der Waals surface area contributed by atoms with E-state index in [0.717, 1.165) is 25.2 Å². The lowest BCUT2D eigenvalue weighted by Gasteiger charge is -2.40.